The number of nitrogens with one attached hydrogen (secondary N) is 1. The fraction of sp³-hybridized carbons (Fsp3) is 0.368. The van der Waals surface area contributed by atoms with Gasteiger partial charge < -0.3 is 5.32 Å². The Hall–Kier alpha value is -2.80. The van der Waals surface area contributed by atoms with Crippen molar-refractivity contribution in [2.75, 3.05) is 18.4 Å². The van der Waals surface area contributed by atoms with Gasteiger partial charge in [-0.1, -0.05) is 0 Å². The molecule has 3 aromatic heterocycles. The van der Waals surface area contributed by atoms with E-state index in [4.69, 9.17) is 0 Å². The van der Waals surface area contributed by atoms with Crippen LogP contribution in [0, 0.1) is 0 Å². The third-order valence-corrected chi connectivity index (χ3v) is 4.89. The smallest absolute Gasteiger partial charge is 0.150 e. The molecule has 1 aliphatic rings. The van der Waals surface area contributed by atoms with E-state index in [1.807, 2.05) is 24.1 Å². The zero-order chi connectivity index (χ0) is 17.8. The molecule has 1 saturated heterocycles. The van der Waals surface area contributed by atoms with Crippen LogP contribution in [0.15, 0.2) is 49.2 Å². The second-order valence-electron chi connectivity index (χ2n) is 6.71. The van der Waals surface area contributed by atoms with Gasteiger partial charge in [0.2, 0.25) is 0 Å². The fourth-order valence-electron chi connectivity index (χ4n) is 3.52. The highest BCUT2D eigenvalue weighted by Crippen LogP contribution is 2.29. The number of aromatic nitrogens is 5. The number of hydrogen-bond donors (Lipinski definition) is 1. The van der Waals surface area contributed by atoms with Crippen LogP contribution in [0.2, 0.25) is 0 Å². The number of rotatable bonds is 5. The highest BCUT2D eigenvalue weighted by atomic mass is 15.3. The molecule has 4 rings (SSSR count). The quantitative estimate of drug-likeness (QED) is 0.764. The van der Waals surface area contributed by atoms with E-state index >= 15 is 0 Å². The van der Waals surface area contributed by atoms with E-state index in [0.717, 1.165) is 25.5 Å². The fourth-order valence-corrected chi connectivity index (χ4v) is 3.52. The zero-order valence-corrected chi connectivity index (χ0v) is 14.9. The first-order chi connectivity index (χ1) is 12.8. The first-order valence-corrected chi connectivity index (χ1v) is 8.96. The summed E-state index contributed by atoms with van der Waals surface area (Å²) in [6.07, 6.45) is 11.2. The largest absolute Gasteiger partial charge is 0.324 e. The molecule has 1 N–H and O–H groups in total. The maximum atomic E-state index is 4.42. The monoisotopic (exact) mass is 349 g/mol. The Morgan fingerprint density at radius 3 is 2.85 bits per heavy atom. The number of pyridine rings is 1. The Balaban J connectivity index is 1.45. The van der Waals surface area contributed by atoms with Gasteiger partial charge in [0, 0.05) is 44.9 Å². The molecule has 1 atom stereocenters. The predicted octanol–water partition coefficient (Wildman–Crippen LogP) is 2.73. The molecular weight excluding hydrogens is 326 g/mol. The summed E-state index contributed by atoms with van der Waals surface area (Å²) in [4.78, 5) is 15.3. The van der Waals surface area contributed by atoms with Crippen molar-refractivity contribution < 1.29 is 0 Å². The Labute approximate surface area is 153 Å². The number of likely N-dealkylation sites (tertiary alicyclic amines) is 1. The minimum Gasteiger partial charge on any atom is -0.324 e. The summed E-state index contributed by atoms with van der Waals surface area (Å²) < 4.78 is 1.96. The molecule has 1 aliphatic heterocycles. The van der Waals surface area contributed by atoms with Crippen LogP contribution >= 0.6 is 0 Å². The van der Waals surface area contributed by atoms with Crippen LogP contribution in [0.4, 0.5) is 11.6 Å². The van der Waals surface area contributed by atoms with Crippen LogP contribution in [0.3, 0.4) is 0 Å². The maximum absolute atomic E-state index is 4.42. The average molecular weight is 349 g/mol. The van der Waals surface area contributed by atoms with Crippen molar-refractivity contribution in [3.8, 4) is 0 Å². The second-order valence-corrected chi connectivity index (χ2v) is 6.71. The van der Waals surface area contributed by atoms with Crippen LogP contribution in [0.25, 0.3) is 0 Å². The van der Waals surface area contributed by atoms with Crippen LogP contribution < -0.4 is 5.32 Å². The zero-order valence-electron chi connectivity index (χ0n) is 14.9. The van der Waals surface area contributed by atoms with Gasteiger partial charge in [0.05, 0.1) is 11.9 Å². The Bertz CT molecular complexity index is 846. The first kappa shape index (κ1) is 16.7. The van der Waals surface area contributed by atoms with E-state index in [0.29, 0.717) is 11.7 Å². The van der Waals surface area contributed by atoms with Crippen LogP contribution in [-0.2, 0) is 13.6 Å². The molecule has 7 heteroatoms. The van der Waals surface area contributed by atoms with Gasteiger partial charge >= 0.3 is 0 Å². The molecule has 4 heterocycles. The van der Waals surface area contributed by atoms with Gasteiger partial charge in [0.15, 0.2) is 0 Å². The second kappa shape index (κ2) is 7.61. The maximum Gasteiger partial charge on any atom is 0.150 e. The van der Waals surface area contributed by atoms with Gasteiger partial charge in [-0.2, -0.15) is 5.10 Å². The standard InChI is InChI=1S/C19H23N7/c1-25-17(5-7-23-25)14-26-10-2-3-16(13-26)15-4-6-21-18(11-15)24-19-12-20-8-9-22-19/h4-9,11-12,16H,2-3,10,13-14H2,1H3,(H,21,22,24). The molecule has 0 bridgehead atoms. The summed E-state index contributed by atoms with van der Waals surface area (Å²) in [5.41, 5.74) is 2.58. The summed E-state index contributed by atoms with van der Waals surface area (Å²) in [5.74, 6) is 2.03. The van der Waals surface area contributed by atoms with Crippen molar-refractivity contribution in [2.45, 2.75) is 25.3 Å². The van der Waals surface area contributed by atoms with Gasteiger partial charge in [-0.3, -0.25) is 14.6 Å². The van der Waals surface area contributed by atoms with Crippen LogP contribution in [0.1, 0.15) is 30.0 Å². The lowest BCUT2D eigenvalue weighted by atomic mass is 9.91. The Morgan fingerprint density at radius 2 is 2.04 bits per heavy atom. The molecule has 3 aromatic rings. The molecule has 26 heavy (non-hydrogen) atoms. The molecular formula is C19H23N7. The van der Waals surface area contributed by atoms with Crippen molar-refractivity contribution in [3.63, 3.8) is 0 Å². The topological polar surface area (TPSA) is 71.8 Å². The number of hydrogen-bond acceptors (Lipinski definition) is 6. The molecule has 0 radical (unpaired) electrons. The number of anilines is 2. The van der Waals surface area contributed by atoms with E-state index in [9.17, 15) is 0 Å². The normalized spacial score (nSPS) is 18.0. The third kappa shape index (κ3) is 3.88. The minimum atomic E-state index is 0.516. The molecule has 0 aliphatic carbocycles. The highest BCUT2D eigenvalue weighted by molar-refractivity contribution is 5.51. The van der Waals surface area contributed by atoms with Gasteiger partial charge in [-0.25, -0.2) is 9.97 Å². The van der Waals surface area contributed by atoms with Crippen molar-refractivity contribution in [1.29, 1.82) is 0 Å². The molecule has 0 amide bonds. The van der Waals surface area contributed by atoms with Crippen LogP contribution in [-0.4, -0.2) is 42.7 Å². The van der Waals surface area contributed by atoms with E-state index < -0.39 is 0 Å². The number of aryl methyl sites for hydroxylation is 1. The molecule has 7 nitrogen and oxygen atoms in total. The number of piperidine rings is 1. The number of nitrogens with zero attached hydrogens (tertiary/aromatic N) is 6. The highest BCUT2D eigenvalue weighted by Gasteiger charge is 2.22. The Morgan fingerprint density at radius 1 is 1.12 bits per heavy atom. The van der Waals surface area contributed by atoms with E-state index in [2.05, 4.69) is 48.5 Å². The van der Waals surface area contributed by atoms with Gasteiger partial charge in [-0.15, -0.1) is 0 Å². The van der Waals surface area contributed by atoms with Gasteiger partial charge in [0.25, 0.3) is 0 Å². The molecule has 134 valence electrons. The van der Waals surface area contributed by atoms with E-state index in [1.165, 1.54) is 24.1 Å². The van der Waals surface area contributed by atoms with Gasteiger partial charge in [-0.05, 0) is 49.1 Å². The summed E-state index contributed by atoms with van der Waals surface area (Å²) in [6, 6.07) is 6.35. The minimum absolute atomic E-state index is 0.516. The SMILES string of the molecule is Cn1nccc1CN1CCCC(c2ccnc(Nc3cnccn3)c2)C1. The third-order valence-electron chi connectivity index (χ3n) is 4.89. The molecule has 1 fully saturated rings. The lowest BCUT2D eigenvalue weighted by Crippen LogP contribution is -2.34. The van der Waals surface area contributed by atoms with E-state index in [1.54, 1.807) is 18.6 Å². The molecule has 0 aromatic carbocycles. The van der Waals surface area contributed by atoms with E-state index in [-0.39, 0.29) is 0 Å². The van der Waals surface area contributed by atoms with Gasteiger partial charge in [0.1, 0.15) is 11.6 Å². The lowest BCUT2D eigenvalue weighted by Gasteiger charge is -2.33. The predicted molar refractivity (Wildman–Crippen MR) is 100 cm³/mol. The summed E-state index contributed by atoms with van der Waals surface area (Å²) in [7, 11) is 2.00. The molecule has 1 unspecified atom stereocenters. The Kier molecular flexibility index (Phi) is 4.88. The molecule has 0 saturated carbocycles. The lowest BCUT2D eigenvalue weighted by molar-refractivity contribution is 0.196. The van der Waals surface area contributed by atoms with Crippen molar-refractivity contribution in [2.24, 2.45) is 7.05 Å². The molecule has 0 spiro atoms. The summed E-state index contributed by atoms with van der Waals surface area (Å²) in [5, 5.41) is 7.50. The average Bonchev–Trinajstić information content (AvgIpc) is 3.08. The van der Waals surface area contributed by atoms with Crippen molar-refractivity contribution >= 4 is 11.6 Å². The van der Waals surface area contributed by atoms with Crippen molar-refractivity contribution in [3.05, 3.63) is 60.4 Å². The first-order valence-electron chi connectivity index (χ1n) is 8.96. The van der Waals surface area contributed by atoms with Crippen molar-refractivity contribution in [1.82, 2.24) is 29.6 Å². The van der Waals surface area contributed by atoms with Crippen LogP contribution in [0.5, 0.6) is 0 Å². The summed E-state index contributed by atoms with van der Waals surface area (Å²) in [6.45, 7) is 3.14. The summed E-state index contributed by atoms with van der Waals surface area (Å²) >= 11 is 0.